The summed E-state index contributed by atoms with van der Waals surface area (Å²) in [7, 11) is 1.84. The first kappa shape index (κ1) is 48.9. The highest BCUT2D eigenvalue weighted by atomic mass is 19.1. The number of aryl methyl sites for hydroxylation is 2. The van der Waals surface area contributed by atoms with E-state index < -0.39 is 11.7 Å². The van der Waals surface area contributed by atoms with Gasteiger partial charge in [0, 0.05) is 121 Å². The number of nitrogens with one attached hydrogen (secondary N) is 3. The molecule has 9 rings (SSSR count). The maximum Gasteiger partial charge on any atom is 0.274 e. The molecule has 3 saturated heterocycles. The monoisotopic (exact) mass is 964 g/mol. The normalized spacial score (nSPS) is 16.1. The average Bonchev–Trinajstić information content (AvgIpc) is 3.82. The number of piperazine rings is 2. The minimum Gasteiger partial charge on any atom is -0.338 e. The molecule has 6 heterocycles. The van der Waals surface area contributed by atoms with Gasteiger partial charge in [-0.1, -0.05) is 55.5 Å². The van der Waals surface area contributed by atoms with Crippen LogP contribution in [0.5, 0.6) is 0 Å². The molecule has 0 unspecified atom stereocenters. The van der Waals surface area contributed by atoms with Crippen LogP contribution in [0.25, 0.3) is 21.9 Å². The topological polar surface area (TPSA) is 185 Å². The minimum atomic E-state index is -0.611. The van der Waals surface area contributed by atoms with E-state index >= 15 is 4.39 Å². The molecule has 0 aliphatic carbocycles. The molecule has 3 N–H and O–H groups in total. The lowest BCUT2D eigenvalue weighted by molar-refractivity contribution is -0.134. The first-order valence-corrected chi connectivity index (χ1v) is 24.6. The van der Waals surface area contributed by atoms with Crippen molar-refractivity contribution < 1.29 is 23.6 Å². The molecule has 71 heavy (non-hydrogen) atoms. The summed E-state index contributed by atoms with van der Waals surface area (Å²) in [4.78, 5) is 81.2. The largest absolute Gasteiger partial charge is 0.338 e. The number of fused-ring (bicyclic) bond motifs is 1. The van der Waals surface area contributed by atoms with Crippen LogP contribution in [-0.2, 0) is 36.0 Å². The quantitative estimate of drug-likeness (QED) is 0.134. The summed E-state index contributed by atoms with van der Waals surface area (Å²) in [5.74, 6) is -1.07. The number of benzene rings is 3. The molecular formula is C53H61FN12O5. The van der Waals surface area contributed by atoms with E-state index in [4.69, 9.17) is 0 Å². The van der Waals surface area contributed by atoms with Crippen molar-refractivity contribution in [2.45, 2.75) is 39.2 Å². The molecule has 6 aromatic rings. The molecule has 17 nitrogen and oxygen atoms in total. The number of nitrogens with zero attached hydrogens (tertiary/aromatic N) is 9. The zero-order valence-electron chi connectivity index (χ0n) is 40.4. The standard InChI is InChI=1S/C53H61FN12O5/c1-3-36-7-6-8-40(25-36)41-28-47(58-48(67)32-55-29-39-30-57-61(2)33-39)50(56-31-41)53(71)65-15-13-37(14-16-65)34-62-17-19-63(20-18-62)35-49(68)64-21-23-66(24-22-64)52(70)44-26-38(11-12-45(44)54)27-46-42-9-4-5-10-43(42)51(69)60-59-46/h4-12,25-26,28,30-31,33,37,55H,3,13-24,27,29,32,34-35H2,1-2H3,(H,58,67)(H,60,69). The lowest BCUT2D eigenvalue weighted by Crippen LogP contribution is -2.55. The number of amides is 4. The Labute approximate surface area is 412 Å². The van der Waals surface area contributed by atoms with Crippen molar-refractivity contribution in [3.8, 4) is 11.1 Å². The zero-order chi connectivity index (χ0) is 49.4. The molecule has 3 aliphatic rings. The van der Waals surface area contributed by atoms with Crippen LogP contribution in [0.2, 0.25) is 0 Å². The second-order valence-corrected chi connectivity index (χ2v) is 18.9. The number of carbonyl (C=O) groups is 4. The number of H-pyrrole nitrogens is 1. The van der Waals surface area contributed by atoms with Crippen molar-refractivity contribution >= 4 is 40.1 Å². The van der Waals surface area contributed by atoms with Crippen LogP contribution in [0.4, 0.5) is 10.1 Å². The summed E-state index contributed by atoms with van der Waals surface area (Å²) >= 11 is 0. The highest BCUT2D eigenvalue weighted by molar-refractivity contribution is 6.03. The van der Waals surface area contributed by atoms with E-state index in [1.165, 1.54) is 11.6 Å². The van der Waals surface area contributed by atoms with Crippen LogP contribution in [0.3, 0.4) is 0 Å². The molecule has 3 aromatic carbocycles. The molecule has 18 heteroatoms. The Hall–Kier alpha value is -7.15. The summed E-state index contributed by atoms with van der Waals surface area (Å²) in [6, 6.07) is 21.7. The number of anilines is 1. The van der Waals surface area contributed by atoms with Gasteiger partial charge >= 0.3 is 0 Å². The molecule has 0 spiro atoms. The number of aromatic amines is 1. The van der Waals surface area contributed by atoms with E-state index in [2.05, 4.69) is 59.8 Å². The van der Waals surface area contributed by atoms with Crippen molar-refractivity contribution in [3.05, 3.63) is 141 Å². The van der Waals surface area contributed by atoms with Crippen molar-refractivity contribution in [2.75, 3.05) is 90.4 Å². The second-order valence-electron chi connectivity index (χ2n) is 18.9. The summed E-state index contributed by atoms with van der Waals surface area (Å²) in [6.07, 6.45) is 8.25. The van der Waals surface area contributed by atoms with E-state index in [1.54, 1.807) is 51.1 Å². The maximum atomic E-state index is 15.1. The number of halogens is 1. The van der Waals surface area contributed by atoms with Crippen LogP contribution in [-0.4, -0.2) is 158 Å². The van der Waals surface area contributed by atoms with Crippen molar-refractivity contribution in [1.82, 2.24) is 54.8 Å². The molecule has 3 aliphatic heterocycles. The van der Waals surface area contributed by atoms with Crippen molar-refractivity contribution in [1.29, 1.82) is 0 Å². The van der Waals surface area contributed by atoms with Gasteiger partial charge in [0.15, 0.2) is 5.69 Å². The first-order chi connectivity index (χ1) is 34.5. The third-order valence-corrected chi connectivity index (χ3v) is 14.0. The first-order valence-electron chi connectivity index (χ1n) is 24.6. The van der Waals surface area contributed by atoms with Gasteiger partial charge in [-0.2, -0.15) is 10.2 Å². The Kier molecular flexibility index (Phi) is 15.3. The van der Waals surface area contributed by atoms with Crippen LogP contribution in [0.1, 0.15) is 63.0 Å². The Morgan fingerprint density at radius 1 is 0.746 bits per heavy atom. The van der Waals surface area contributed by atoms with Gasteiger partial charge in [-0.05, 0) is 66.1 Å². The van der Waals surface area contributed by atoms with Crippen molar-refractivity contribution in [2.24, 2.45) is 13.0 Å². The number of carbonyl (C=O) groups excluding carboxylic acids is 4. The molecule has 0 atom stereocenters. The van der Waals surface area contributed by atoms with Gasteiger partial charge in [0.05, 0.1) is 41.6 Å². The number of likely N-dealkylation sites (tertiary alicyclic amines) is 1. The Bertz CT molecular complexity index is 2950. The van der Waals surface area contributed by atoms with Gasteiger partial charge in [0.25, 0.3) is 17.4 Å². The minimum absolute atomic E-state index is 0.0199. The fourth-order valence-corrected chi connectivity index (χ4v) is 9.87. The van der Waals surface area contributed by atoms with E-state index in [1.807, 2.05) is 48.5 Å². The fraction of sp³-hybridized carbons (Fsp3) is 0.396. The summed E-state index contributed by atoms with van der Waals surface area (Å²) in [6.45, 7) is 9.59. The third kappa shape index (κ3) is 11.9. The molecule has 3 fully saturated rings. The molecule has 0 saturated carbocycles. The van der Waals surface area contributed by atoms with Crippen LogP contribution in [0, 0.1) is 11.7 Å². The lowest BCUT2D eigenvalue weighted by atomic mass is 9.95. The Balaban J connectivity index is 0.721. The molecule has 370 valence electrons. The zero-order valence-corrected chi connectivity index (χ0v) is 40.4. The van der Waals surface area contributed by atoms with Gasteiger partial charge in [-0.3, -0.25) is 33.6 Å². The Morgan fingerprint density at radius 3 is 2.23 bits per heavy atom. The van der Waals surface area contributed by atoms with Crippen LogP contribution >= 0.6 is 0 Å². The third-order valence-electron chi connectivity index (χ3n) is 14.0. The number of aromatic nitrogens is 5. The second kappa shape index (κ2) is 22.3. The summed E-state index contributed by atoms with van der Waals surface area (Å²) < 4.78 is 16.8. The number of hydrogen-bond donors (Lipinski definition) is 3. The number of hydrogen-bond acceptors (Lipinski definition) is 11. The molecule has 3 aromatic heterocycles. The molecular weight excluding hydrogens is 904 g/mol. The van der Waals surface area contributed by atoms with E-state index in [0.29, 0.717) is 92.4 Å². The van der Waals surface area contributed by atoms with Crippen molar-refractivity contribution in [3.63, 3.8) is 0 Å². The van der Waals surface area contributed by atoms with E-state index in [9.17, 15) is 24.0 Å². The fourth-order valence-electron chi connectivity index (χ4n) is 9.87. The SMILES string of the molecule is CCc1cccc(-c2cnc(C(=O)N3CCC(CN4CCN(CC(=O)N5CCN(C(=O)c6cc(Cc7n[nH]c(=O)c8ccccc78)ccc6F)CC5)CC4)CC3)c(NC(=O)CNCc3cnn(C)c3)c2)c1. The number of piperidine rings is 1. The van der Waals surface area contributed by atoms with Gasteiger partial charge in [-0.15, -0.1) is 0 Å². The molecule has 0 radical (unpaired) electrons. The van der Waals surface area contributed by atoms with Crippen LogP contribution < -0.4 is 16.2 Å². The molecule has 4 amide bonds. The molecule has 0 bridgehead atoms. The van der Waals surface area contributed by atoms with Gasteiger partial charge in [-0.25, -0.2) is 14.5 Å². The summed E-state index contributed by atoms with van der Waals surface area (Å²) in [5.41, 5.74) is 5.54. The predicted octanol–water partition coefficient (Wildman–Crippen LogP) is 4.19. The highest BCUT2D eigenvalue weighted by Gasteiger charge is 2.31. The van der Waals surface area contributed by atoms with E-state index in [-0.39, 0.29) is 41.1 Å². The number of rotatable bonds is 15. The smallest absolute Gasteiger partial charge is 0.274 e. The summed E-state index contributed by atoms with van der Waals surface area (Å²) in [5, 5.41) is 18.3. The Morgan fingerprint density at radius 2 is 1.48 bits per heavy atom. The highest BCUT2D eigenvalue weighted by Crippen LogP contribution is 2.28. The van der Waals surface area contributed by atoms with E-state index in [0.717, 1.165) is 68.7 Å². The average molecular weight is 965 g/mol. The van der Waals surface area contributed by atoms with Gasteiger partial charge in [0.2, 0.25) is 11.8 Å². The van der Waals surface area contributed by atoms with Gasteiger partial charge < -0.3 is 30.2 Å². The lowest BCUT2D eigenvalue weighted by Gasteiger charge is -2.40. The number of pyridine rings is 1. The van der Waals surface area contributed by atoms with Crippen LogP contribution in [0.15, 0.2) is 96.2 Å². The maximum absolute atomic E-state index is 15.1. The van der Waals surface area contributed by atoms with Gasteiger partial charge in [0.1, 0.15) is 5.82 Å². The predicted molar refractivity (Wildman–Crippen MR) is 268 cm³/mol.